The minimum atomic E-state index is 0.372. The van der Waals surface area contributed by atoms with Gasteiger partial charge >= 0.3 is 0 Å². The lowest BCUT2D eigenvalue weighted by atomic mass is 9.88. The molecule has 0 aromatic heterocycles. The molecule has 0 fully saturated rings. The molecule has 12 heavy (non-hydrogen) atoms. The monoisotopic (exact) mass is 172 g/mol. The highest BCUT2D eigenvalue weighted by atomic mass is 16.3. The van der Waals surface area contributed by atoms with Gasteiger partial charge in [-0.1, -0.05) is 46.5 Å². The molecule has 0 aliphatic rings. The van der Waals surface area contributed by atoms with E-state index in [9.17, 15) is 0 Å². The summed E-state index contributed by atoms with van der Waals surface area (Å²) >= 11 is 0. The van der Waals surface area contributed by atoms with Crippen molar-refractivity contribution in [2.24, 2.45) is 11.8 Å². The molecular formula is C11H24O. The summed E-state index contributed by atoms with van der Waals surface area (Å²) in [6.45, 7) is 7.03. The lowest BCUT2D eigenvalue weighted by Gasteiger charge is -2.19. The van der Waals surface area contributed by atoms with E-state index in [-0.39, 0.29) is 0 Å². The van der Waals surface area contributed by atoms with Crippen molar-refractivity contribution in [3.05, 3.63) is 0 Å². The molecule has 1 heteroatoms. The zero-order valence-electron chi connectivity index (χ0n) is 8.84. The lowest BCUT2D eigenvalue weighted by Crippen LogP contribution is -2.11. The summed E-state index contributed by atoms with van der Waals surface area (Å²) in [5.74, 6) is 1.38. The maximum absolute atomic E-state index is 9.04. The van der Waals surface area contributed by atoms with Crippen LogP contribution in [0.5, 0.6) is 0 Å². The van der Waals surface area contributed by atoms with E-state index in [1.165, 1.54) is 25.7 Å². The van der Waals surface area contributed by atoms with E-state index in [0.29, 0.717) is 12.5 Å². The molecule has 0 bridgehead atoms. The Kier molecular flexibility index (Phi) is 7.58. The van der Waals surface area contributed by atoms with Crippen LogP contribution in [0.3, 0.4) is 0 Å². The van der Waals surface area contributed by atoms with Gasteiger partial charge in [0.1, 0.15) is 0 Å². The summed E-state index contributed by atoms with van der Waals surface area (Å²) < 4.78 is 0. The zero-order valence-corrected chi connectivity index (χ0v) is 8.84. The molecule has 0 aliphatic heterocycles. The Labute approximate surface area is 77.2 Å². The van der Waals surface area contributed by atoms with Crippen molar-refractivity contribution in [3.63, 3.8) is 0 Å². The van der Waals surface area contributed by atoms with E-state index in [1.807, 2.05) is 0 Å². The lowest BCUT2D eigenvalue weighted by molar-refractivity contribution is 0.191. The number of aliphatic hydroxyl groups excluding tert-OH is 1. The van der Waals surface area contributed by atoms with Gasteiger partial charge in [-0.2, -0.15) is 0 Å². The van der Waals surface area contributed by atoms with E-state index in [2.05, 4.69) is 20.8 Å². The van der Waals surface area contributed by atoms with Crippen LogP contribution in [0.25, 0.3) is 0 Å². The van der Waals surface area contributed by atoms with Crippen LogP contribution in [-0.4, -0.2) is 11.7 Å². The van der Waals surface area contributed by atoms with Gasteiger partial charge in [-0.05, 0) is 18.3 Å². The van der Waals surface area contributed by atoms with Crippen molar-refractivity contribution in [2.75, 3.05) is 6.61 Å². The van der Waals surface area contributed by atoms with Crippen molar-refractivity contribution in [2.45, 2.75) is 52.9 Å². The average molecular weight is 172 g/mol. The Hall–Kier alpha value is -0.0400. The van der Waals surface area contributed by atoms with Gasteiger partial charge in [0.05, 0.1) is 0 Å². The maximum atomic E-state index is 9.04. The van der Waals surface area contributed by atoms with Crippen LogP contribution in [0.2, 0.25) is 0 Å². The van der Waals surface area contributed by atoms with Crippen molar-refractivity contribution in [1.29, 1.82) is 0 Å². The molecule has 0 aliphatic carbocycles. The van der Waals surface area contributed by atoms with Crippen LogP contribution < -0.4 is 0 Å². The van der Waals surface area contributed by atoms with E-state index >= 15 is 0 Å². The van der Waals surface area contributed by atoms with Crippen molar-refractivity contribution < 1.29 is 5.11 Å². The van der Waals surface area contributed by atoms with E-state index in [1.54, 1.807) is 0 Å². The molecule has 1 nitrogen and oxygen atoms in total. The third-order valence-corrected chi connectivity index (χ3v) is 2.78. The Morgan fingerprint density at radius 3 is 1.92 bits per heavy atom. The summed E-state index contributed by atoms with van der Waals surface area (Å²) in [5.41, 5.74) is 0. The predicted octanol–water partition coefficient (Wildman–Crippen LogP) is 3.22. The van der Waals surface area contributed by atoms with Crippen LogP contribution in [0.4, 0.5) is 0 Å². The van der Waals surface area contributed by atoms with Crippen LogP contribution in [-0.2, 0) is 0 Å². The van der Waals surface area contributed by atoms with Crippen LogP contribution in [0, 0.1) is 11.8 Å². The highest BCUT2D eigenvalue weighted by Gasteiger charge is 2.11. The van der Waals surface area contributed by atoms with Crippen LogP contribution in [0.15, 0.2) is 0 Å². The standard InChI is InChI=1S/C11H24O/c1-4-7-10(5-2)8-11(6-3)9-12/h10-12H,4-9H2,1-3H3/t10-,11+/m1/s1. The van der Waals surface area contributed by atoms with Crippen LogP contribution in [0.1, 0.15) is 52.9 Å². The fourth-order valence-corrected chi connectivity index (χ4v) is 1.74. The fourth-order valence-electron chi connectivity index (χ4n) is 1.74. The molecule has 0 saturated carbocycles. The Morgan fingerprint density at radius 2 is 1.58 bits per heavy atom. The van der Waals surface area contributed by atoms with Crippen molar-refractivity contribution in [1.82, 2.24) is 0 Å². The first-order chi connectivity index (χ1) is 5.78. The smallest absolute Gasteiger partial charge is 0.0459 e. The molecule has 74 valence electrons. The van der Waals surface area contributed by atoms with Gasteiger partial charge < -0.3 is 5.11 Å². The van der Waals surface area contributed by atoms with Gasteiger partial charge in [0.2, 0.25) is 0 Å². The largest absolute Gasteiger partial charge is 0.396 e. The predicted molar refractivity (Wildman–Crippen MR) is 54.2 cm³/mol. The van der Waals surface area contributed by atoms with Crippen LogP contribution >= 0.6 is 0 Å². The molecule has 0 amide bonds. The van der Waals surface area contributed by atoms with Crippen molar-refractivity contribution >= 4 is 0 Å². The van der Waals surface area contributed by atoms with E-state index in [0.717, 1.165) is 12.3 Å². The molecule has 0 heterocycles. The minimum Gasteiger partial charge on any atom is -0.396 e. The van der Waals surface area contributed by atoms with Gasteiger partial charge in [-0.25, -0.2) is 0 Å². The highest BCUT2D eigenvalue weighted by molar-refractivity contribution is 4.63. The summed E-state index contributed by atoms with van der Waals surface area (Å²) in [7, 11) is 0. The third kappa shape index (κ3) is 4.76. The first-order valence-electron chi connectivity index (χ1n) is 5.39. The summed E-state index contributed by atoms with van der Waals surface area (Å²) in [6, 6.07) is 0. The van der Waals surface area contributed by atoms with Gasteiger partial charge in [-0.3, -0.25) is 0 Å². The average Bonchev–Trinajstić information content (AvgIpc) is 2.12. The van der Waals surface area contributed by atoms with Gasteiger partial charge in [-0.15, -0.1) is 0 Å². The normalized spacial score (nSPS) is 16.0. The molecule has 0 spiro atoms. The second kappa shape index (κ2) is 7.60. The molecule has 0 saturated heterocycles. The molecular weight excluding hydrogens is 148 g/mol. The topological polar surface area (TPSA) is 20.2 Å². The molecule has 0 unspecified atom stereocenters. The number of hydrogen-bond acceptors (Lipinski definition) is 1. The quantitative estimate of drug-likeness (QED) is 0.625. The number of rotatable bonds is 7. The second-order valence-electron chi connectivity index (χ2n) is 3.76. The molecule has 0 aromatic carbocycles. The van der Waals surface area contributed by atoms with Gasteiger partial charge in [0.25, 0.3) is 0 Å². The molecule has 2 atom stereocenters. The first-order valence-corrected chi connectivity index (χ1v) is 5.39. The summed E-state index contributed by atoms with van der Waals surface area (Å²) in [5, 5.41) is 9.04. The first kappa shape index (κ1) is 12.0. The summed E-state index contributed by atoms with van der Waals surface area (Å²) in [6.07, 6.45) is 6.21. The SMILES string of the molecule is CCC[C@@H](CC)C[C@H](CC)CO. The maximum Gasteiger partial charge on any atom is 0.0459 e. The molecule has 1 N–H and O–H groups in total. The van der Waals surface area contributed by atoms with Gasteiger partial charge in [0.15, 0.2) is 0 Å². The highest BCUT2D eigenvalue weighted by Crippen LogP contribution is 2.22. The number of hydrogen-bond donors (Lipinski definition) is 1. The Balaban J connectivity index is 3.65. The third-order valence-electron chi connectivity index (χ3n) is 2.78. The minimum absolute atomic E-state index is 0.372. The van der Waals surface area contributed by atoms with E-state index in [4.69, 9.17) is 5.11 Å². The molecule has 0 rings (SSSR count). The number of aliphatic hydroxyl groups is 1. The van der Waals surface area contributed by atoms with Gasteiger partial charge in [0, 0.05) is 6.61 Å². The van der Waals surface area contributed by atoms with E-state index < -0.39 is 0 Å². The Bertz CT molecular complexity index is 87.0. The zero-order chi connectivity index (χ0) is 9.40. The second-order valence-corrected chi connectivity index (χ2v) is 3.76. The van der Waals surface area contributed by atoms with Crippen molar-refractivity contribution in [3.8, 4) is 0 Å². The molecule has 0 aromatic rings. The molecule has 0 radical (unpaired) electrons. The fraction of sp³-hybridized carbons (Fsp3) is 1.00. The Morgan fingerprint density at radius 1 is 1.00 bits per heavy atom. The summed E-state index contributed by atoms with van der Waals surface area (Å²) in [4.78, 5) is 0.